The SMILES string of the molecule is C[C@@H]1C2C3[C@@H]4C[C@@H]4[C@@](O)(CCCO)[C@@]3(C)CCC2[C@@]2(C)CC[C@H](O)C[C@@]2(O)[C@@H]1C. The molecule has 0 aliphatic heterocycles. The Balaban J connectivity index is 1.55. The molecule has 0 aromatic rings. The molecule has 4 nitrogen and oxygen atoms in total. The van der Waals surface area contributed by atoms with E-state index in [0.717, 1.165) is 38.5 Å². The van der Waals surface area contributed by atoms with Crippen LogP contribution >= 0.6 is 0 Å². The normalized spacial score (nSPS) is 63.3. The van der Waals surface area contributed by atoms with Gasteiger partial charge in [-0.15, -0.1) is 0 Å². The van der Waals surface area contributed by atoms with Gasteiger partial charge >= 0.3 is 0 Å². The van der Waals surface area contributed by atoms with Gasteiger partial charge in [-0.2, -0.15) is 0 Å². The van der Waals surface area contributed by atoms with Crippen molar-refractivity contribution in [3.05, 3.63) is 0 Å². The van der Waals surface area contributed by atoms with Gasteiger partial charge in [0.1, 0.15) is 0 Å². The lowest BCUT2D eigenvalue weighted by Gasteiger charge is -2.68. The molecule has 0 aromatic heterocycles. The molecular weight excluding hydrogens is 364 g/mol. The van der Waals surface area contributed by atoms with E-state index in [4.69, 9.17) is 0 Å². The predicted octanol–water partition coefficient (Wildman–Crippen LogP) is 3.36. The Morgan fingerprint density at radius 1 is 0.966 bits per heavy atom. The Hall–Kier alpha value is -0.160. The molecule has 3 unspecified atom stereocenters. The third-order valence-corrected chi connectivity index (χ3v) is 11.7. The van der Waals surface area contributed by atoms with Crippen LogP contribution in [0.15, 0.2) is 0 Å². The first-order valence-electron chi connectivity index (χ1n) is 12.3. The van der Waals surface area contributed by atoms with Crippen molar-refractivity contribution in [3.63, 3.8) is 0 Å². The molecule has 12 atom stereocenters. The maximum atomic E-state index is 12.0. The van der Waals surface area contributed by atoms with Crippen LogP contribution in [0.3, 0.4) is 0 Å². The molecule has 0 spiro atoms. The fourth-order valence-corrected chi connectivity index (χ4v) is 9.95. The van der Waals surface area contributed by atoms with E-state index in [2.05, 4.69) is 27.7 Å². The molecule has 0 bridgehead atoms. The van der Waals surface area contributed by atoms with Crippen molar-refractivity contribution in [2.75, 3.05) is 6.61 Å². The molecule has 166 valence electrons. The molecule has 5 fully saturated rings. The highest BCUT2D eigenvalue weighted by Gasteiger charge is 2.78. The lowest BCUT2D eigenvalue weighted by atomic mass is 9.38. The second kappa shape index (κ2) is 6.21. The second-order valence-corrected chi connectivity index (χ2v) is 12.3. The smallest absolute Gasteiger partial charge is 0.0756 e. The van der Waals surface area contributed by atoms with Gasteiger partial charge in [0.05, 0.1) is 17.3 Å². The molecule has 0 saturated heterocycles. The van der Waals surface area contributed by atoms with Crippen LogP contribution in [0.4, 0.5) is 0 Å². The first-order valence-corrected chi connectivity index (χ1v) is 12.3. The van der Waals surface area contributed by atoms with Crippen molar-refractivity contribution in [1.82, 2.24) is 0 Å². The Kier molecular flexibility index (Phi) is 4.44. The van der Waals surface area contributed by atoms with E-state index in [1.54, 1.807) is 0 Å². The van der Waals surface area contributed by atoms with Crippen molar-refractivity contribution in [2.24, 2.45) is 52.3 Å². The number of fused-ring (bicyclic) bond motifs is 7. The van der Waals surface area contributed by atoms with Gasteiger partial charge in [0.15, 0.2) is 0 Å². The van der Waals surface area contributed by atoms with Gasteiger partial charge in [-0.05, 0) is 97.2 Å². The van der Waals surface area contributed by atoms with Gasteiger partial charge in [0.25, 0.3) is 0 Å². The fraction of sp³-hybridized carbons (Fsp3) is 1.00. The Bertz CT molecular complexity index is 682. The van der Waals surface area contributed by atoms with E-state index in [1.165, 1.54) is 0 Å². The van der Waals surface area contributed by atoms with Gasteiger partial charge in [0, 0.05) is 13.0 Å². The summed E-state index contributed by atoms with van der Waals surface area (Å²) in [4.78, 5) is 0. The number of hydrogen-bond donors (Lipinski definition) is 4. The molecule has 5 aliphatic rings. The number of aliphatic hydroxyl groups excluding tert-OH is 2. The van der Waals surface area contributed by atoms with Gasteiger partial charge in [0.2, 0.25) is 0 Å². The Labute approximate surface area is 176 Å². The summed E-state index contributed by atoms with van der Waals surface area (Å²) in [5.41, 5.74) is -1.62. The zero-order valence-electron chi connectivity index (χ0n) is 18.8. The minimum atomic E-state index is -0.784. The summed E-state index contributed by atoms with van der Waals surface area (Å²) in [5, 5.41) is 43.7. The molecular formula is C25H42O4. The lowest BCUT2D eigenvalue weighted by Crippen LogP contribution is -2.69. The molecule has 0 aromatic carbocycles. The standard InChI is InChI=1S/C25H42O4/c1-14-15(2)25(29)13-16(27)6-9-22(25,3)18-7-10-23(4)21(20(14)18)17-12-19(17)24(23,28)8-5-11-26/h14-21,26-29H,5-13H2,1-4H3/t14-,15+,16-,17+,18?,19-,20?,21?,22+,23-,24-,25+/m0/s1. The van der Waals surface area contributed by atoms with Gasteiger partial charge in [-0.1, -0.05) is 27.7 Å². The summed E-state index contributed by atoms with van der Waals surface area (Å²) in [5.74, 6) is 3.14. The molecule has 4 heteroatoms. The zero-order valence-corrected chi connectivity index (χ0v) is 18.8. The highest BCUT2D eigenvalue weighted by atomic mass is 16.3. The topological polar surface area (TPSA) is 80.9 Å². The monoisotopic (exact) mass is 406 g/mol. The summed E-state index contributed by atoms with van der Waals surface area (Å²) in [6.07, 6.45) is 6.53. The van der Waals surface area contributed by atoms with Crippen LogP contribution in [0.2, 0.25) is 0 Å². The van der Waals surface area contributed by atoms with Crippen molar-refractivity contribution in [3.8, 4) is 0 Å². The molecule has 5 aliphatic carbocycles. The second-order valence-electron chi connectivity index (χ2n) is 12.3. The summed E-state index contributed by atoms with van der Waals surface area (Å²) >= 11 is 0. The van der Waals surface area contributed by atoms with Crippen molar-refractivity contribution in [1.29, 1.82) is 0 Å². The highest BCUT2D eigenvalue weighted by molar-refractivity contribution is 5.26. The highest BCUT2D eigenvalue weighted by Crippen LogP contribution is 2.79. The van der Waals surface area contributed by atoms with Crippen molar-refractivity contribution >= 4 is 0 Å². The van der Waals surface area contributed by atoms with Gasteiger partial charge < -0.3 is 20.4 Å². The van der Waals surface area contributed by atoms with Gasteiger partial charge in [-0.25, -0.2) is 0 Å². The van der Waals surface area contributed by atoms with Crippen molar-refractivity contribution < 1.29 is 20.4 Å². The van der Waals surface area contributed by atoms with Gasteiger partial charge in [-0.3, -0.25) is 0 Å². The van der Waals surface area contributed by atoms with Crippen molar-refractivity contribution in [2.45, 2.75) is 96.4 Å². The van der Waals surface area contributed by atoms with E-state index >= 15 is 0 Å². The summed E-state index contributed by atoms with van der Waals surface area (Å²) in [6.45, 7) is 9.39. The van der Waals surface area contributed by atoms with Crippen LogP contribution in [0.25, 0.3) is 0 Å². The number of rotatable bonds is 3. The molecule has 5 saturated carbocycles. The van der Waals surface area contributed by atoms with Crippen LogP contribution in [-0.4, -0.2) is 44.3 Å². The first-order chi connectivity index (χ1) is 13.5. The Morgan fingerprint density at radius 3 is 2.34 bits per heavy atom. The van der Waals surface area contributed by atoms with Crippen LogP contribution in [0.1, 0.15) is 79.1 Å². The number of aliphatic hydroxyl groups is 4. The molecule has 0 radical (unpaired) electrons. The third kappa shape index (κ3) is 2.30. The average molecular weight is 407 g/mol. The predicted molar refractivity (Wildman–Crippen MR) is 112 cm³/mol. The van der Waals surface area contributed by atoms with E-state index in [0.29, 0.717) is 48.3 Å². The summed E-state index contributed by atoms with van der Waals surface area (Å²) in [6, 6.07) is 0. The van der Waals surface area contributed by atoms with E-state index < -0.39 is 11.2 Å². The largest absolute Gasteiger partial charge is 0.396 e. The average Bonchev–Trinajstić information content (AvgIpc) is 3.44. The minimum absolute atomic E-state index is 0.0646. The van der Waals surface area contributed by atoms with Crippen LogP contribution in [0, 0.1) is 52.3 Å². The quantitative estimate of drug-likeness (QED) is 0.579. The van der Waals surface area contributed by atoms with E-state index in [-0.39, 0.29) is 29.5 Å². The minimum Gasteiger partial charge on any atom is -0.396 e. The maximum absolute atomic E-state index is 12.0. The number of hydrogen-bond acceptors (Lipinski definition) is 4. The van der Waals surface area contributed by atoms with E-state index in [9.17, 15) is 20.4 Å². The fourth-order valence-electron chi connectivity index (χ4n) is 9.95. The van der Waals surface area contributed by atoms with E-state index in [1.807, 2.05) is 0 Å². The molecule has 4 N–H and O–H groups in total. The summed E-state index contributed by atoms with van der Waals surface area (Å²) in [7, 11) is 0. The zero-order chi connectivity index (χ0) is 21.0. The molecule has 29 heavy (non-hydrogen) atoms. The summed E-state index contributed by atoms with van der Waals surface area (Å²) < 4.78 is 0. The lowest BCUT2D eigenvalue weighted by molar-refractivity contribution is -0.270. The molecule has 0 amide bonds. The first kappa shape index (κ1) is 20.7. The van der Waals surface area contributed by atoms with Crippen LogP contribution < -0.4 is 0 Å². The molecule has 5 rings (SSSR count). The Morgan fingerprint density at radius 2 is 1.66 bits per heavy atom. The molecule has 0 heterocycles. The van der Waals surface area contributed by atoms with Crippen LogP contribution in [-0.2, 0) is 0 Å². The van der Waals surface area contributed by atoms with Crippen LogP contribution in [0.5, 0.6) is 0 Å². The third-order valence-electron chi connectivity index (χ3n) is 11.7. The maximum Gasteiger partial charge on any atom is 0.0756 e.